The van der Waals surface area contributed by atoms with Crippen molar-refractivity contribution in [2.45, 2.75) is 195 Å². The van der Waals surface area contributed by atoms with Crippen molar-refractivity contribution in [3.05, 3.63) is 0 Å². The molecule has 3 atom stereocenters. The fourth-order valence-corrected chi connectivity index (χ4v) is 8.48. The molecule has 0 amide bonds. The predicted octanol–water partition coefficient (Wildman–Crippen LogP) is 10.4. The lowest BCUT2D eigenvalue weighted by Gasteiger charge is -2.38. The van der Waals surface area contributed by atoms with E-state index in [4.69, 9.17) is 9.47 Å². The van der Waals surface area contributed by atoms with Crippen LogP contribution < -0.4 is 0 Å². The molecule has 0 saturated heterocycles. The van der Waals surface area contributed by atoms with E-state index in [1.807, 2.05) is 0 Å². The van der Waals surface area contributed by atoms with E-state index in [0.29, 0.717) is 31.3 Å². The van der Waals surface area contributed by atoms with Crippen LogP contribution in [0.4, 0.5) is 0 Å². The van der Waals surface area contributed by atoms with Gasteiger partial charge >= 0.3 is 11.9 Å². The average molecular weight is 664 g/mol. The molecule has 276 valence electrons. The number of nitrogens with zero attached hydrogens (tertiary/aromatic N) is 1. The summed E-state index contributed by atoms with van der Waals surface area (Å²) in [6.45, 7) is 15.2. The summed E-state index contributed by atoms with van der Waals surface area (Å²) in [6.07, 6.45) is 27.0. The summed E-state index contributed by atoms with van der Waals surface area (Å²) < 4.78 is 11.6. The van der Waals surface area contributed by atoms with Crippen molar-refractivity contribution in [2.24, 2.45) is 22.7 Å². The minimum absolute atomic E-state index is 0.00307. The first-order valence-corrected chi connectivity index (χ1v) is 20.4. The van der Waals surface area contributed by atoms with Gasteiger partial charge in [0, 0.05) is 24.8 Å². The van der Waals surface area contributed by atoms with Crippen molar-refractivity contribution >= 4 is 11.9 Å². The molecule has 0 heterocycles. The second kappa shape index (κ2) is 24.1. The minimum Gasteiger partial charge on any atom is -0.466 e. The number of esters is 2. The first-order valence-electron chi connectivity index (χ1n) is 20.4. The summed E-state index contributed by atoms with van der Waals surface area (Å²) >= 11 is 0. The van der Waals surface area contributed by atoms with Crippen molar-refractivity contribution < 1.29 is 24.2 Å². The summed E-state index contributed by atoms with van der Waals surface area (Å²) in [5, 5.41) is 9.53. The highest BCUT2D eigenvalue weighted by Gasteiger charge is 2.62. The Labute approximate surface area is 290 Å². The van der Waals surface area contributed by atoms with Crippen LogP contribution in [0.25, 0.3) is 0 Å². The predicted molar refractivity (Wildman–Crippen MR) is 195 cm³/mol. The number of rotatable bonds is 30. The topological polar surface area (TPSA) is 76.1 Å². The summed E-state index contributed by atoms with van der Waals surface area (Å²) in [7, 11) is 0. The van der Waals surface area contributed by atoms with Crippen LogP contribution in [0.5, 0.6) is 0 Å². The van der Waals surface area contributed by atoms with Gasteiger partial charge in [-0.1, -0.05) is 125 Å². The van der Waals surface area contributed by atoms with Crippen molar-refractivity contribution in [1.29, 1.82) is 0 Å². The van der Waals surface area contributed by atoms with Gasteiger partial charge < -0.3 is 19.5 Å². The molecule has 6 nitrogen and oxygen atoms in total. The second-order valence-electron chi connectivity index (χ2n) is 16.1. The molecule has 0 aliphatic heterocycles. The van der Waals surface area contributed by atoms with Gasteiger partial charge in [0.05, 0.1) is 13.2 Å². The third kappa shape index (κ3) is 15.5. The second-order valence-corrected chi connectivity index (χ2v) is 16.1. The van der Waals surface area contributed by atoms with E-state index in [9.17, 15) is 14.7 Å². The van der Waals surface area contributed by atoms with Gasteiger partial charge in [-0.2, -0.15) is 0 Å². The van der Waals surface area contributed by atoms with Gasteiger partial charge in [-0.3, -0.25) is 9.59 Å². The molecule has 0 radical (unpaired) electrons. The number of unbranched alkanes of at least 4 members (excludes halogenated alkanes) is 12. The molecule has 2 fully saturated rings. The Morgan fingerprint density at radius 1 is 0.723 bits per heavy atom. The van der Waals surface area contributed by atoms with Crippen LogP contribution >= 0.6 is 0 Å². The molecule has 2 aliphatic carbocycles. The highest BCUT2D eigenvalue weighted by Crippen LogP contribution is 2.66. The van der Waals surface area contributed by atoms with Crippen LogP contribution in [0.3, 0.4) is 0 Å². The Balaban J connectivity index is 1.44. The van der Waals surface area contributed by atoms with E-state index in [0.717, 1.165) is 83.8 Å². The van der Waals surface area contributed by atoms with E-state index in [1.54, 1.807) is 0 Å². The quantitative estimate of drug-likeness (QED) is 0.0609. The number of ether oxygens (including phenoxy) is 2. The lowest BCUT2D eigenvalue weighted by atomic mass is 9.70. The van der Waals surface area contributed by atoms with Gasteiger partial charge in [0.2, 0.25) is 0 Å². The van der Waals surface area contributed by atoms with E-state index < -0.39 is 0 Å². The van der Waals surface area contributed by atoms with Gasteiger partial charge in [-0.25, -0.2) is 0 Å². The molecule has 47 heavy (non-hydrogen) atoms. The summed E-state index contributed by atoms with van der Waals surface area (Å²) in [5.74, 6) is 1.39. The van der Waals surface area contributed by atoms with E-state index in [2.05, 4.69) is 39.5 Å². The van der Waals surface area contributed by atoms with Crippen LogP contribution in [0.2, 0.25) is 0 Å². The van der Waals surface area contributed by atoms with E-state index in [-0.39, 0.29) is 35.5 Å². The maximum Gasteiger partial charge on any atom is 0.306 e. The number of carbonyl (C=O) groups excluding carboxylic acids is 2. The zero-order valence-corrected chi connectivity index (χ0v) is 31.8. The molecule has 6 heteroatoms. The monoisotopic (exact) mass is 664 g/mol. The fourth-order valence-electron chi connectivity index (χ4n) is 8.48. The Bertz CT molecular complexity index is 821. The third-order valence-electron chi connectivity index (χ3n) is 12.3. The van der Waals surface area contributed by atoms with Crippen molar-refractivity contribution in [1.82, 2.24) is 4.90 Å². The van der Waals surface area contributed by atoms with Gasteiger partial charge in [-0.05, 0) is 81.7 Å². The SMILES string of the molecule is CCCCCC(CCCCC)CCOC(=O)CCCCCCCN(CCO)CCCCCCCC(=O)O[C@@H]1C[C@@H]2CC[C@@]1(C)C2(C)C. The van der Waals surface area contributed by atoms with Crippen LogP contribution in [0.15, 0.2) is 0 Å². The van der Waals surface area contributed by atoms with Crippen molar-refractivity contribution in [3.63, 3.8) is 0 Å². The molecule has 1 N–H and O–H groups in total. The maximum atomic E-state index is 12.5. The maximum absolute atomic E-state index is 12.5. The molecule has 0 aromatic carbocycles. The Morgan fingerprint density at radius 3 is 1.79 bits per heavy atom. The van der Waals surface area contributed by atoms with Gasteiger partial charge in [-0.15, -0.1) is 0 Å². The van der Waals surface area contributed by atoms with Crippen molar-refractivity contribution in [3.8, 4) is 0 Å². The Hall–Kier alpha value is -1.14. The smallest absolute Gasteiger partial charge is 0.306 e. The largest absolute Gasteiger partial charge is 0.466 e. The van der Waals surface area contributed by atoms with Crippen molar-refractivity contribution in [2.75, 3.05) is 32.8 Å². The summed E-state index contributed by atoms with van der Waals surface area (Å²) in [6, 6.07) is 0. The zero-order chi connectivity index (χ0) is 34.4. The molecule has 2 aliphatic rings. The number of carbonyl (C=O) groups is 2. The van der Waals surface area contributed by atoms with Gasteiger partial charge in [0.25, 0.3) is 0 Å². The molecule has 0 aromatic heterocycles. The molecule has 2 rings (SSSR count). The fraction of sp³-hybridized carbons (Fsp3) is 0.951. The first kappa shape index (κ1) is 42.0. The molecule has 2 bridgehead atoms. The summed E-state index contributed by atoms with van der Waals surface area (Å²) in [4.78, 5) is 27.2. The third-order valence-corrected chi connectivity index (χ3v) is 12.3. The molecular weight excluding hydrogens is 586 g/mol. The van der Waals surface area contributed by atoms with Crippen LogP contribution in [0, 0.1) is 22.7 Å². The molecule has 0 spiro atoms. The lowest BCUT2D eigenvalue weighted by Crippen LogP contribution is -2.38. The first-order chi connectivity index (χ1) is 22.7. The molecule has 0 aromatic rings. The molecule has 0 unspecified atom stereocenters. The zero-order valence-electron chi connectivity index (χ0n) is 31.8. The summed E-state index contributed by atoms with van der Waals surface area (Å²) in [5.41, 5.74) is 0.428. The molecule has 2 saturated carbocycles. The average Bonchev–Trinajstić information content (AvgIpc) is 3.37. The van der Waals surface area contributed by atoms with Gasteiger partial charge in [0.1, 0.15) is 6.10 Å². The minimum atomic E-state index is -0.0193. The Kier molecular flexibility index (Phi) is 21.5. The molecular formula is C41H77NO5. The standard InChI is InChI=1S/C41H77NO5/c1-6-8-16-22-35(23-17-9-7-2)27-33-46-38(44)24-18-12-10-14-20-29-42(31-32-43)30-21-15-11-13-19-25-39(45)47-37-34-36-26-28-41(37,5)40(36,3)4/h35-37,43H,6-34H2,1-5H3/t36-,37+,41+/m0/s1. The van der Waals surface area contributed by atoms with Gasteiger partial charge in [0.15, 0.2) is 0 Å². The number of aliphatic hydroxyl groups excluding tert-OH is 1. The highest BCUT2D eigenvalue weighted by atomic mass is 16.5. The number of aliphatic hydroxyl groups is 1. The number of hydrogen-bond acceptors (Lipinski definition) is 6. The number of hydrogen-bond donors (Lipinski definition) is 1. The number of fused-ring (bicyclic) bond motifs is 2. The van der Waals surface area contributed by atoms with Crippen LogP contribution in [-0.2, 0) is 19.1 Å². The highest BCUT2D eigenvalue weighted by molar-refractivity contribution is 5.69. The Morgan fingerprint density at radius 2 is 1.28 bits per heavy atom. The van der Waals surface area contributed by atoms with E-state index in [1.165, 1.54) is 77.0 Å². The van der Waals surface area contributed by atoms with E-state index >= 15 is 0 Å². The lowest BCUT2D eigenvalue weighted by molar-refractivity contribution is -0.157. The normalized spacial score (nSPS) is 21.6. The van der Waals surface area contributed by atoms with Crippen LogP contribution in [0.1, 0.15) is 189 Å². The van der Waals surface area contributed by atoms with Crippen LogP contribution in [-0.4, -0.2) is 60.9 Å².